The molecule has 0 spiro atoms. The Hall–Kier alpha value is -4.25. The molecule has 3 rings (SSSR count). The molecule has 10 nitrogen and oxygen atoms in total. The summed E-state index contributed by atoms with van der Waals surface area (Å²) in [6, 6.07) is 21.2. The molecule has 3 aromatic rings. The van der Waals surface area contributed by atoms with Crippen LogP contribution in [-0.4, -0.2) is 55.7 Å². The number of benzene rings is 3. The fraction of sp³-hybridized carbons (Fsp3) is 0.286. The molecule has 11 heteroatoms. The van der Waals surface area contributed by atoms with Crippen LogP contribution in [0.15, 0.2) is 89.8 Å². The van der Waals surface area contributed by atoms with E-state index in [2.05, 4.69) is 5.32 Å². The van der Waals surface area contributed by atoms with Gasteiger partial charge in [-0.1, -0.05) is 61.5 Å². The van der Waals surface area contributed by atoms with Crippen LogP contribution in [-0.2, 0) is 26.0 Å². The van der Waals surface area contributed by atoms with Gasteiger partial charge in [0.25, 0.3) is 15.7 Å². The number of carbonyl (C=O) groups is 2. The topological polar surface area (TPSA) is 130 Å². The maximum atomic E-state index is 13.8. The summed E-state index contributed by atoms with van der Waals surface area (Å²) in [6.07, 6.45) is 1.16. The first-order chi connectivity index (χ1) is 18.6. The lowest BCUT2D eigenvalue weighted by molar-refractivity contribution is -0.384. The largest absolute Gasteiger partial charge is 0.354 e. The van der Waals surface area contributed by atoms with E-state index in [0.29, 0.717) is 19.4 Å². The van der Waals surface area contributed by atoms with Crippen LogP contribution < -0.4 is 9.62 Å². The van der Waals surface area contributed by atoms with E-state index in [1.165, 1.54) is 35.2 Å². The van der Waals surface area contributed by atoms with Crippen LogP contribution in [0.25, 0.3) is 0 Å². The number of amides is 2. The molecule has 206 valence electrons. The van der Waals surface area contributed by atoms with Crippen LogP contribution in [0.2, 0.25) is 0 Å². The van der Waals surface area contributed by atoms with Gasteiger partial charge in [-0.25, -0.2) is 8.42 Å². The number of nitrogens with one attached hydrogen (secondary N) is 1. The first kappa shape index (κ1) is 29.3. The number of nitro benzene ring substituents is 1. The standard InChI is InChI=1S/C28H32N4O6S/c1-3-18-29-28(34)22(2)30(19-17-23-11-6-4-7-12-23)27(33)21-31(24-13-10-14-25(20-24)32(35)36)39(37,38)26-15-8-5-9-16-26/h4-16,20,22H,3,17-19,21H2,1-2H3,(H,29,34)/t22-/m1/s1. The normalized spacial score (nSPS) is 11.8. The lowest BCUT2D eigenvalue weighted by atomic mass is 10.1. The summed E-state index contributed by atoms with van der Waals surface area (Å²) in [5, 5.41) is 14.2. The number of nitro groups is 1. The van der Waals surface area contributed by atoms with Gasteiger partial charge in [-0.3, -0.25) is 24.0 Å². The minimum atomic E-state index is -4.29. The molecule has 0 bridgehead atoms. The zero-order chi connectivity index (χ0) is 28.4. The van der Waals surface area contributed by atoms with Crippen molar-refractivity contribution in [3.63, 3.8) is 0 Å². The summed E-state index contributed by atoms with van der Waals surface area (Å²) < 4.78 is 28.3. The smallest absolute Gasteiger partial charge is 0.271 e. The van der Waals surface area contributed by atoms with Crippen molar-refractivity contribution >= 4 is 33.2 Å². The highest BCUT2D eigenvalue weighted by atomic mass is 32.2. The predicted octanol–water partition coefficient (Wildman–Crippen LogP) is 3.78. The second kappa shape index (κ2) is 13.5. The molecule has 0 unspecified atom stereocenters. The number of hydrogen-bond donors (Lipinski definition) is 1. The van der Waals surface area contributed by atoms with E-state index < -0.39 is 33.4 Å². The number of rotatable bonds is 13. The van der Waals surface area contributed by atoms with E-state index in [1.807, 2.05) is 37.3 Å². The van der Waals surface area contributed by atoms with Crippen molar-refractivity contribution in [2.45, 2.75) is 37.6 Å². The monoisotopic (exact) mass is 552 g/mol. The minimum absolute atomic E-state index is 0.0347. The molecule has 0 heterocycles. The van der Waals surface area contributed by atoms with Gasteiger partial charge in [-0.2, -0.15) is 0 Å². The maximum absolute atomic E-state index is 13.8. The Kier molecular flexibility index (Phi) is 10.2. The van der Waals surface area contributed by atoms with Gasteiger partial charge >= 0.3 is 0 Å². The molecular weight excluding hydrogens is 520 g/mol. The van der Waals surface area contributed by atoms with Crippen molar-refractivity contribution < 1.29 is 22.9 Å². The zero-order valence-electron chi connectivity index (χ0n) is 21.9. The number of sulfonamides is 1. The fourth-order valence-corrected chi connectivity index (χ4v) is 5.40. The first-order valence-electron chi connectivity index (χ1n) is 12.6. The molecule has 0 aliphatic rings. The average Bonchev–Trinajstić information content (AvgIpc) is 2.95. The number of nitrogens with zero attached hydrogens (tertiary/aromatic N) is 3. The highest BCUT2D eigenvalue weighted by Crippen LogP contribution is 2.27. The molecule has 1 N–H and O–H groups in total. The Morgan fingerprint density at radius 1 is 0.974 bits per heavy atom. The van der Waals surface area contributed by atoms with Gasteiger partial charge in [0.2, 0.25) is 11.8 Å². The minimum Gasteiger partial charge on any atom is -0.354 e. The van der Waals surface area contributed by atoms with Crippen molar-refractivity contribution in [1.29, 1.82) is 0 Å². The first-order valence-corrected chi connectivity index (χ1v) is 14.0. The molecule has 0 saturated carbocycles. The van der Waals surface area contributed by atoms with E-state index in [1.54, 1.807) is 25.1 Å². The van der Waals surface area contributed by atoms with Crippen LogP contribution in [0.1, 0.15) is 25.8 Å². The van der Waals surface area contributed by atoms with Crippen molar-refractivity contribution in [2.24, 2.45) is 0 Å². The quantitative estimate of drug-likeness (QED) is 0.254. The van der Waals surface area contributed by atoms with Crippen LogP contribution in [0.4, 0.5) is 11.4 Å². The van der Waals surface area contributed by atoms with E-state index in [4.69, 9.17) is 0 Å². The number of anilines is 1. The van der Waals surface area contributed by atoms with Gasteiger partial charge in [0, 0.05) is 25.2 Å². The lowest BCUT2D eigenvalue weighted by Crippen LogP contribution is -2.52. The molecular formula is C28H32N4O6S. The van der Waals surface area contributed by atoms with E-state index in [-0.39, 0.29) is 28.7 Å². The maximum Gasteiger partial charge on any atom is 0.271 e. The van der Waals surface area contributed by atoms with E-state index in [9.17, 15) is 28.1 Å². The number of hydrogen-bond acceptors (Lipinski definition) is 6. The van der Waals surface area contributed by atoms with Crippen molar-refractivity contribution in [3.05, 3.63) is 101 Å². The molecule has 0 fully saturated rings. The Labute approximate surface area is 228 Å². The van der Waals surface area contributed by atoms with E-state index >= 15 is 0 Å². The molecule has 0 aromatic heterocycles. The second-order valence-electron chi connectivity index (χ2n) is 8.89. The second-order valence-corrected chi connectivity index (χ2v) is 10.8. The van der Waals surface area contributed by atoms with Crippen molar-refractivity contribution in [2.75, 3.05) is 23.9 Å². The summed E-state index contributed by atoms with van der Waals surface area (Å²) in [5.41, 5.74) is 0.595. The van der Waals surface area contributed by atoms with E-state index in [0.717, 1.165) is 15.9 Å². The Morgan fingerprint density at radius 3 is 2.23 bits per heavy atom. The summed E-state index contributed by atoms with van der Waals surface area (Å²) in [5.74, 6) is -0.970. The third-order valence-electron chi connectivity index (χ3n) is 6.14. The lowest BCUT2D eigenvalue weighted by Gasteiger charge is -2.32. The fourth-order valence-electron chi connectivity index (χ4n) is 3.98. The predicted molar refractivity (Wildman–Crippen MR) is 149 cm³/mol. The number of non-ortho nitro benzene ring substituents is 1. The van der Waals surface area contributed by atoms with Gasteiger partial charge in [-0.05, 0) is 43.5 Å². The third-order valence-corrected chi connectivity index (χ3v) is 7.93. The van der Waals surface area contributed by atoms with Gasteiger partial charge < -0.3 is 10.2 Å². The van der Waals surface area contributed by atoms with Crippen LogP contribution in [0.3, 0.4) is 0 Å². The van der Waals surface area contributed by atoms with Crippen molar-refractivity contribution in [1.82, 2.24) is 10.2 Å². The summed E-state index contributed by atoms with van der Waals surface area (Å²) >= 11 is 0. The van der Waals surface area contributed by atoms with Crippen LogP contribution >= 0.6 is 0 Å². The SMILES string of the molecule is CCCNC(=O)[C@@H](C)N(CCc1ccccc1)C(=O)CN(c1cccc([N+](=O)[O-])c1)S(=O)(=O)c1ccccc1. The van der Waals surface area contributed by atoms with Crippen LogP contribution in [0.5, 0.6) is 0 Å². The molecule has 2 amide bonds. The zero-order valence-corrected chi connectivity index (χ0v) is 22.7. The highest BCUT2D eigenvalue weighted by molar-refractivity contribution is 7.92. The Bertz CT molecular complexity index is 1380. The average molecular weight is 553 g/mol. The van der Waals surface area contributed by atoms with Gasteiger partial charge in [-0.15, -0.1) is 0 Å². The molecule has 0 aliphatic heterocycles. The van der Waals surface area contributed by atoms with Gasteiger partial charge in [0.05, 0.1) is 15.5 Å². The summed E-state index contributed by atoms with van der Waals surface area (Å²) in [6.45, 7) is 3.45. The van der Waals surface area contributed by atoms with Gasteiger partial charge in [0.1, 0.15) is 12.6 Å². The number of carbonyl (C=O) groups excluding carboxylic acids is 2. The van der Waals surface area contributed by atoms with Crippen LogP contribution in [0, 0.1) is 10.1 Å². The van der Waals surface area contributed by atoms with Gasteiger partial charge in [0.15, 0.2) is 0 Å². The summed E-state index contributed by atoms with van der Waals surface area (Å²) in [4.78, 5) is 38.7. The molecule has 3 aromatic carbocycles. The molecule has 1 atom stereocenters. The van der Waals surface area contributed by atoms with Crippen molar-refractivity contribution in [3.8, 4) is 0 Å². The molecule has 39 heavy (non-hydrogen) atoms. The highest BCUT2D eigenvalue weighted by Gasteiger charge is 2.32. The molecule has 0 aliphatic carbocycles. The Morgan fingerprint density at radius 2 is 1.62 bits per heavy atom. The Balaban J connectivity index is 1.99. The molecule has 0 saturated heterocycles. The third kappa shape index (κ3) is 7.64. The summed E-state index contributed by atoms with van der Waals surface area (Å²) in [7, 11) is -4.29. The molecule has 0 radical (unpaired) electrons.